The third kappa shape index (κ3) is 5.37. The number of hydrogen-bond acceptors (Lipinski definition) is 3. The highest BCUT2D eigenvalue weighted by Crippen LogP contribution is 2.30. The molecular formula is C27H30ClN3O. The van der Waals surface area contributed by atoms with Crippen molar-refractivity contribution in [1.29, 1.82) is 0 Å². The van der Waals surface area contributed by atoms with Gasteiger partial charge in [-0.25, -0.2) is 0 Å². The lowest BCUT2D eigenvalue weighted by Crippen LogP contribution is -2.34. The Morgan fingerprint density at radius 3 is 2.41 bits per heavy atom. The molecule has 0 saturated carbocycles. The second-order valence-electron chi connectivity index (χ2n) is 8.64. The second-order valence-corrected chi connectivity index (χ2v) is 9.04. The lowest BCUT2D eigenvalue weighted by molar-refractivity contribution is 0.0948. The summed E-state index contributed by atoms with van der Waals surface area (Å²) < 4.78 is 0. The molecule has 0 unspecified atom stereocenters. The summed E-state index contributed by atoms with van der Waals surface area (Å²) in [6.45, 7) is 7.37. The highest BCUT2D eigenvalue weighted by Gasteiger charge is 2.26. The van der Waals surface area contributed by atoms with Gasteiger partial charge in [-0.05, 0) is 74.7 Å². The molecular weight excluding hydrogens is 418 g/mol. The van der Waals surface area contributed by atoms with Crippen molar-refractivity contribution < 1.29 is 4.79 Å². The van der Waals surface area contributed by atoms with Gasteiger partial charge in [0.2, 0.25) is 0 Å². The van der Waals surface area contributed by atoms with E-state index in [1.807, 2.05) is 49.4 Å². The highest BCUT2D eigenvalue weighted by molar-refractivity contribution is 6.31. The molecule has 2 aromatic carbocycles. The Hall–Kier alpha value is -2.69. The Labute approximate surface area is 195 Å². The van der Waals surface area contributed by atoms with E-state index >= 15 is 0 Å². The number of aromatic nitrogens is 1. The van der Waals surface area contributed by atoms with Crippen molar-refractivity contribution >= 4 is 17.5 Å². The van der Waals surface area contributed by atoms with Crippen LogP contribution in [0.25, 0.3) is 0 Å². The van der Waals surface area contributed by atoms with Crippen molar-refractivity contribution in [2.45, 2.75) is 45.7 Å². The number of likely N-dealkylation sites (tertiary alicyclic amines) is 1. The van der Waals surface area contributed by atoms with Gasteiger partial charge in [0, 0.05) is 29.7 Å². The van der Waals surface area contributed by atoms with Gasteiger partial charge < -0.3 is 5.32 Å². The van der Waals surface area contributed by atoms with Gasteiger partial charge in [-0.15, -0.1) is 0 Å². The molecule has 0 radical (unpaired) electrons. The highest BCUT2D eigenvalue weighted by atomic mass is 35.5. The molecule has 1 aliphatic rings. The average Bonchev–Trinajstić information content (AvgIpc) is 2.80. The van der Waals surface area contributed by atoms with Gasteiger partial charge in [-0.1, -0.05) is 54.1 Å². The number of nitrogens with one attached hydrogen (secondary N) is 1. The molecule has 0 bridgehead atoms. The number of aryl methyl sites for hydroxylation is 2. The number of halogens is 1. The monoisotopic (exact) mass is 447 g/mol. The zero-order valence-electron chi connectivity index (χ0n) is 18.8. The summed E-state index contributed by atoms with van der Waals surface area (Å²) in [6.07, 6.45) is 1.97. The Bertz CT molecular complexity index is 1090. The Morgan fingerprint density at radius 2 is 1.69 bits per heavy atom. The maximum atomic E-state index is 13.1. The molecule has 1 fully saturated rings. The van der Waals surface area contributed by atoms with Gasteiger partial charge in [-0.2, -0.15) is 0 Å². The summed E-state index contributed by atoms with van der Waals surface area (Å²) in [5.41, 5.74) is 6.07. The lowest BCUT2D eigenvalue weighted by Gasteiger charge is -2.32. The minimum Gasteiger partial charge on any atom is -0.348 e. The van der Waals surface area contributed by atoms with Gasteiger partial charge in [0.25, 0.3) is 5.91 Å². The molecule has 1 aromatic heterocycles. The standard InChI is InChI=1S/C27H30ClN3O/c1-19-7-3-4-8-22(19)17-29-27(32)24-12-11-20(2)30-26(24)21-13-15-31(16-14-21)18-23-9-5-6-10-25(23)28/h3-12,21H,13-18H2,1-2H3,(H,29,32). The second kappa shape index (κ2) is 10.3. The maximum absolute atomic E-state index is 13.1. The zero-order valence-corrected chi connectivity index (χ0v) is 19.5. The molecule has 1 aliphatic heterocycles. The van der Waals surface area contributed by atoms with Crippen molar-refractivity contribution in [3.63, 3.8) is 0 Å². The summed E-state index contributed by atoms with van der Waals surface area (Å²) in [4.78, 5) is 20.3. The van der Waals surface area contributed by atoms with Crippen LogP contribution in [-0.2, 0) is 13.1 Å². The zero-order chi connectivity index (χ0) is 22.5. The number of nitrogens with zero attached hydrogens (tertiary/aromatic N) is 2. The lowest BCUT2D eigenvalue weighted by atomic mass is 9.89. The minimum atomic E-state index is -0.0470. The first-order chi connectivity index (χ1) is 15.5. The third-order valence-electron chi connectivity index (χ3n) is 6.34. The minimum absolute atomic E-state index is 0.0470. The molecule has 1 saturated heterocycles. The van der Waals surface area contributed by atoms with Gasteiger partial charge in [-0.3, -0.25) is 14.7 Å². The molecule has 0 aliphatic carbocycles. The summed E-state index contributed by atoms with van der Waals surface area (Å²) in [6, 6.07) is 20.0. The molecule has 32 heavy (non-hydrogen) atoms. The van der Waals surface area contributed by atoms with Crippen molar-refractivity contribution in [2.75, 3.05) is 13.1 Å². The average molecular weight is 448 g/mol. The number of rotatable bonds is 6. The van der Waals surface area contributed by atoms with Crippen LogP contribution in [-0.4, -0.2) is 28.9 Å². The summed E-state index contributed by atoms with van der Waals surface area (Å²) >= 11 is 6.34. The van der Waals surface area contributed by atoms with Crippen LogP contribution >= 0.6 is 11.6 Å². The van der Waals surface area contributed by atoms with Crippen LogP contribution in [0.4, 0.5) is 0 Å². The number of benzene rings is 2. The fourth-order valence-electron chi connectivity index (χ4n) is 4.39. The van der Waals surface area contributed by atoms with Crippen LogP contribution in [0.2, 0.25) is 5.02 Å². The van der Waals surface area contributed by atoms with E-state index in [4.69, 9.17) is 16.6 Å². The molecule has 0 spiro atoms. The topological polar surface area (TPSA) is 45.2 Å². The quantitative estimate of drug-likeness (QED) is 0.530. The number of carbonyl (C=O) groups is 1. The summed E-state index contributed by atoms with van der Waals surface area (Å²) in [5.74, 6) is 0.242. The fourth-order valence-corrected chi connectivity index (χ4v) is 4.59. The van der Waals surface area contributed by atoms with E-state index in [2.05, 4.69) is 35.3 Å². The molecule has 1 amide bonds. The largest absolute Gasteiger partial charge is 0.348 e. The van der Waals surface area contributed by atoms with Crippen molar-refractivity contribution in [3.05, 3.63) is 99.3 Å². The van der Waals surface area contributed by atoms with Crippen LogP contribution in [0.3, 0.4) is 0 Å². The van der Waals surface area contributed by atoms with Crippen LogP contribution in [0.1, 0.15) is 57.2 Å². The van der Waals surface area contributed by atoms with Gasteiger partial charge >= 0.3 is 0 Å². The van der Waals surface area contributed by atoms with Crippen molar-refractivity contribution in [1.82, 2.24) is 15.2 Å². The van der Waals surface area contributed by atoms with Crippen LogP contribution < -0.4 is 5.32 Å². The van der Waals surface area contributed by atoms with Crippen molar-refractivity contribution in [3.8, 4) is 0 Å². The molecule has 5 heteroatoms. The predicted octanol–water partition coefficient (Wildman–Crippen LogP) is 5.66. The number of hydrogen-bond donors (Lipinski definition) is 1. The molecule has 4 rings (SSSR count). The first-order valence-corrected chi connectivity index (χ1v) is 11.6. The molecule has 1 N–H and O–H groups in total. The van der Waals surface area contributed by atoms with Gasteiger partial charge in [0.05, 0.1) is 11.3 Å². The van der Waals surface area contributed by atoms with Gasteiger partial charge in [0.15, 0.2) is 0 Å². The van der Waals surface area contributed by atoms with Crippen LogP contribution in [0.15, 0.2) is 60.7 Å². The summed E-state index contributed by atoms with van der Waals surface area (Å²) in [5, 5.41) is 3.92. The summed E-state index contributed by atoms with van der Waals surface area (Å²) in [7, 11) is 0. The third-order valence-corrected chi connectivity index (χ3v) is 6.70. The fraction of sp³-hybridized carbons (Fsp3) is 0.333. The molecule has 166 valence electrons. The first-order valence-electron chi connectivity index (χ1n) is 11.3. The van der Waals surface area contributed by atoms with Gasteiger partial charge in [0.1, 0.15) is 0 Å². The molecule has 2 heterocycles. The SMILES string of the molecule is Cc1ccc(C(=O)NCc2ccccc2C)c(C2CCN(Cc3ccccc3Cl)CC2)n1. The molecule has 4 nitrogen and oxygen atoms in total. The van der Waals surface area contributed by atoms with E-state index in [1.54, 1.807) is 0 Å². The number of amides is 1. The van der Waals surface area contributed by atoms with E-state index in [-0.39, 0.29) is 11.8 Å². The van der Waals surface area contributed by atoms with E-state index in [0.29, 0.717) is 12.1 Å². The Balaban J connectivity index is 1.43. The normalized spacial score (nSPS) is 15.0. The van der Waals surface area contributed by atoms with E-state index in [0.717, 1.165) is 60.0 Å². The number of carbonyl (C=O) groups excluding carboxylic acids is 1. The van der Waals surface area contributed by atoms with Crippen LogP contribution in [0, 0.1) is 13.8 Å². The van der Waals surface area contributed by atoms with E-state index in [1.165, 1.54) is 5.56 Å². The first kappa shape index (κ1) is 22.5. The predicted molar refractivity (Wildman–Crippen MR) is 130 cm³/mol. The molecule has 0 atom stereocenters. The van der Waals surface area contributed by atoms with Crippen LogP contribution in [0.5, 0.6) is 0 Å². The number of piperidine rings is 1. The van der Waals surface area contributed by atoms with E-state index < -0.39 is 0 Å². The smallest absolute Gasteiger partial charge is 0.253 e. The maximum Gasteiger partial charge on any atom is 0.253 e. The van der Waals surface area contributed by atoms with E-state index in [9.17, 15) is 4.79 Å². The molecule has 3 aromatic rings. The van der Waals surface area contributed by atoms with Crippen molar-refractivity contribution in [2.24, 2.45) is 0 Å². The number of pyridine rings is 1. The Kier molecular flexibility index (Phi) is 7.23. The Morgan fingerprint density at radius 1 is 1.00 bits per heavy atom.